The SMILES string of the molecule is CC(C)(C)OC(=O)N[C@@H]1CN(c2ccccc2)CC12CCN(c1nc(Cl)c(I)c3nccn13)CC2. The first kappa shape index (κ1) is 24.4. The van der Waals surface area contributed by atoms with Crippen LogP contribution in [0.5, 0.6) is 0 Å². The maximum absolute atomic E-state index is 12.8. The second kappa shape index (κ2) is 9.31. The van der Waals surface area contributed by atoms with E-state index in [1.165, 1.54) is 5.69 Å². The summed E-state index contributed by atoms with van der Waals surface area (Å²) in [4.78, 5) is 26.6. The number of rotatable bonds is 3. The Kier molecular flexibility index (Phi) is 6.50. The fourth-order valence-electron chi connectivity index (χ4n) is 5.24. The van der Waals surface area contributed by atoms with Crippen LogP contribution >= 0.6 is 34.2 Å². The molecule has 0 unspecified atom stereocenters. The maximum atomic E-state index is 12.8. The summed E-state index contributed by atoms with van der Waals surface area (Å²) < 4.78 is 8.47. The van der Waals surface area contributed by atoms with Crippen molar-refractivity contribution in [3.8, 4) is 0 Å². The van der Waals surface area contributed by atoms with Gasteiger partial charge in [-0.3, -0.25) is 4.40 Å². The largest absolute Gasteiger partial charge is 0.444 e. The van der Waals surface area contributed by atoms with E-state index in [0.717, 1.165) is 54.2 Å². The van der Waals surface area contributed by atoms with E-state index >= 15 is 0 Å². The Labute approximate surface area is 224 Å². The monoisotopic (exact) mass is 608 g/mol. The van der Waals surface area contributed by atoms with Crippen LogP contribution in [0.15, 0.2) is 42.7 Å². The molecule has 0 saturated carbocycles. The molecule has 4 heterocycles. The molecule has 10 heteroatoms. The number of nitrogens with one attached hydrogen (secondary N) is 1. The lowest BCUT2D eigenvalue weighted by Crippen LogP contribution is -2.53. The van der Waals surface area contributed by atoms with Crippen LogP contribution in [0.3, 0.4) is 0 Å². The van der Waals surface area contributed by atoms with Crippen LogP contribution in [-0.4, -0.2) is 58.3 Å². The summed E-state index contributed by atoms with van der Waals surface area (Å²) in [5.41, 5.74) is 1.39. The van der Waals surface area contributed by atoms with Gasteiger partial charge in [0, 0.05) is 49.7 Å². The van der Waals surface area contributed by atoms with Gasteiger partial charge in [0.25, 0.3) is 0 Å². The summed E-state index contributed by atoms with van der Waals surface area (Å²) in [7, 11) is 0. The third-order valence-electron chi connectivity index (χ3n) is 6.93. The van der Waals surface area contributed by atoms with Gasteiger partial charge < -0.3 is 19.9 Å². The molecule has 1 amide bonds. The van der Waals surface area contributed by atoms with Gasteiger partial charge in [-0.2, -0.15) is 0 Å². The summed E-state index contributed by atoms with van der Waals surface area (Å²) in [6, 6.07) is 10.4. The highest BCUT2D eigenvalue weighted by molar-refractivity contribution is 14.1. The fraction of sp³-hybridized carbons (Fsp3) is 0.480. The second-order valence-electron chi connectivity index (χ2n) is 10.4. The number of carbonyl (C=O) groups excluding carboxylic acids is 1. The third kappa shape index (κ3) is 4.89. The number of imidazole rings is 1. The van der Waals surface area contributed by atoms with Crippen molar-refractivity contribution < 1.29 is 9.53 Å². The number of benzene rings is 1. The molecule has 1 spiro atoms. The molecule has 1 N–H and O–H groups in total. The summed E-state index contributed by atoms with van der Waals surface area (Å²) >= 11 is 8.63. The molecule has 35 heavy (non-hydrogen) atoms. The average Bonchev–Trinajstić information content (AvgIpc) is 3.43. The lowest BCUT2D eigenvalue weighted by atomic mass is 9.74. The molecular formula is C25H30ClIN6O2. The fourth-order valence-corrected chi connectivity index (χ4v) is 5.92. The number of para-hydroxylation sites is 1. The van der Waals surface area contributed by atoms with E-state index in [1.807, 2.05) is 37.4 Å². The van der Waals surface area contributed by atoms with Gasteiger partial charge in [0.2, 0.25) is 5.95 Å². The zero-order chi connectivity index (χ0) is 24.8. The molecule has 0 bridgehead atoms. The number of piperidine rings is 1. The number of alkyl carbamates (subject to hydrolysis) is 1. The van der Waals surface area contributed by atoms with Crippen molar-refractivity contribution >= 4 is 57.6 Å². The van der Waals surface area contributed by atoms with Crippen LogP contribution < -0.4 is 15.1 Å². The Morgan fingerprint density at radius 1 is 1.20 bits per heavy atom. The van der Waals surface area contributed by atoms with Crippen molar-refractivity contribution in [1.82, 2.24) is 19.7 Å². The van der Waals surface area contributed by atoms with E-state index in [4.69, 9.17) is 16.3 Å². The van der Waals surface area contributed by atoms with Crippen molar-refractivity contribution in [1.29, 1.82) is 0 Å². The molecular weight excluding hydrogens is 579 g/mol. The quantitative estimate of drug-likeness (QED) is 0.334. The Morgan fingerprint density at radius 3 is 2.60 bits per heavy atom. The van der Waals surface area contributed by atoms with Gasteiger partial charge in [-0.25, -0.2) is 14.8 Å². The van der Waals surface area contributed by atoms with Gasteiger partial charge in [0.05, 0.1) is 9.61 Å². The van der Waals surface area contributed by atoms with Crippen LogP contribution in [-0.2, 0) is 4.74 Å². The number of nitrogens with zero attached hydrogens (tertiary/aromatic N) is 5. The maximum Gasteiger partial charge on any atom is 0.407 e. The number of amides is 1. The summed E-state index contributed by atoms with van der Waals surface area (Å²) in [6.45, 7) is 8.93. The highest BCUT2D eigenvalue weighted by atomic mass is 127. The topological polar surface area (TPSA) is 75.0 Å². The van der Waals surface area contributed by atoms with Crippen molar-refractivity contribution in [2.75, 3.05) is 36.0 Å². The molecule has 2 fully saturated rings. The highest BCUT2D eigenvalue weighted by Gasteiger charge is 2.49. The standard InChI is InChI=1S/C25H30ClIN6O2/c1-24(2,3)35-23(34)29-18-15-32(17-7-5-4-6-8-17)16-25(18)9-12-31(13-10-25)22-30-20(26)19(27)21-28-11-14-33(21)22/h4-8,11,14,18H,9-10,12-13,15-16H2,1-3H3,(H,29,34)/t18-/m1/s1. The molecule has 1 aromatic carbocycles. The summed E-state index contributed by atoms with van der Waals surface area (Å²) in [6.07, 6.45) is 5.18. The third-order valence-corrected chi connectivity index (χ3v) is 8.52. The van der Waals surface area contributed by atoms with Gasteiger partial charge in [0.15, 0.2) is 5.65 Å². The van der Waals surface area contributed by atoms with Gasteiger partial charge in [-0.05, 0) is 68.3 Å². The molecule has 186 valence electrons. The lowest BCUT2D eigenvalue weighted by molar-refractivity contribution is 0.0455. The molecule has 3 aromatic rings. The first-order valence-electron chi connectivity index (χ1n) is 11.9. The van der Waals surface area contributed by atoms with Gasteiger partial charge >= 0.3 is 6.09 Å². The minimum Gasteiger partial charge on any atom is -0.444 e. The Bertz CT molecular complexity index is 1220. The van der Waals surface area contributed by atoms with Crippen LogP contribution in [0.2, 0.25) is 5.15 Å². The summed E-state index contributed by atoms with van der Waals surface area (Å²) in [5.74, 6) is 0.812. The molecule has 8 nitrogen and oxygen atoms in total. The van der Waals surface area contributed by atoms with Gasteiger partial charge in [0.1, 0.15) is 10.8 Å². The van der Waals surface area contributed by atoms with Crippen molar-refractivity contribution in [2.24, 2.45) is 5.41 Å². The molecule has 2 aliphatic heterocycles. The van der Waals surface area contributed by atoms with E-state index in [9.17, 15) is 4.79 Å². The number of halogens is 2. The van der Waals surface area contributed by atoms with Crippen molar-refractivity contribution in [3.63, 3.8) is 0 Å². The highest BCUT2D eigenvalue weighted by Crippen LogP contribution is 2.43. The number of anilines is 2. The number of fused-ring (bicyclic) bond motifs is 1. The number of hydrogen-bond donors (Lipinski definition) is 1. The second-order valence-corrected chi connectivity index (χ2v) is 11.8. The van der Waals surface area contributed by atoms with Gasteiger partial charge in [-0.1, -0.05) is 29.8 Å². The molecule has 2 aromatic heterocycles. The Balaban J connectivity index is 1.39. The van der Waals surface area contributed by atoms with Crippen LogP contribution in [0.25, 0.3) is 5.65 Å². The smallest absolute Gasteiger partial charge is 0.407 e. The van der Waals surface area contributed by atoms with Crippen LogP contribution in [0.4, 0.5) is 16.4 Å². The zero-order valence-corrected chi connectivity index (χ0v) is 23.1. The Hall–Kier alpha value is -2.27. The average molecular weight is 609 g/mol. The van der Waals surface area contributed by atoms with Crippen LogP contribution in [0, 0.1) is 8.99 Å². The normalized spacial score (nSPS) is 20.0. The number of aromatic nitrogens is 3. The summed E-state index contributed by atoms with van der Waals surface area (Å²) in [5, 5.41) is 3.69. The van der Waals surface area contributed by atoms with Gasteiger partial charge in [-0.15, -0.1) is 0 Å². The zero-order valence-electron chi connectivity index (χ0n) is 20.2. The molecule has 5 rings (SSSR count). The minimum absolute atomic E-state index is 0.0127. The van der Waals surface area contributed by atoms with E-state index < -0.39 is 5.60 Å². The van der Waals surface area contributed by atoms with E-state index in [-0.39, 0.29) is 17.6 Å². The number of hydrogen-bond acceptors (Lipinski definition) is 6. The lowest BCUT2D eigenvalue weighted by Gasteiger charge is -2.43. The van der Waals surface area contributed by atoms with Crippen molar-refractivity contribution in [3.05, 3.63) is 51.4 Å². The first-order valence-corrected chi connectivity index (χ1v) is 13.3. The Morgan fingerprint density at radius 2 is 1.91 bits per heavy atom. The minimum atomic E-state index is -0.537. The predicted octanol–water partition coefficient (Wildman–Crippen LogP) is 4.99. The van der Waals surface area contributed by atoms with E-state index in [0.29, 0.717) is 5.15 Å². The molecule has 2 saturated heterocycles. The molecule has 0 radical (unpaired) electrons. The molecule has 0 aliphatic carbocycles. The predicted molar refractivity (Wildman–Crippen MR) is 146 cm³/mol. The number of ether oxygens (including phenoxy) is 1. The van der Waals surface area contributed by atoms with Crippen LogP contribution in [0.1, 0.15) is 33.6 Å². The number of carbonyl (C=O) groups is 1. The van der Waals surface area contributed by atoms with Crippen molar-refractivity contribution in [2.45, 2.75) is 45.3 Å². The first-order chi connectivity index (χ1) is 16.7. The van der Waals surface area contributed by atoms with E-state index in [1.54, 1.807) is 6.20 Å². The molecule has 2 aliphatic rings. The molecule has 1 atom stereocenters. The van der Waals surface area contributed by atoms with E-state index in [2.05, 4.69) is 71.9 Å².